The van der Waals surface area contributed by atoms with Gasteiger partial charge in [-0.25, -0.2) is 13.5 Å². The van der Waals surface area contributed by atoms with Gasteiger partial charge in [0.2, 0.25) is 0 Å². The summed E-state index contributed by atoms with van der Waals surface area (Å²) >= 11 is 0. The van der Waals surface area contributed by atoms with Crippen LogP contribution in [-0.4, -0.2) is 41.5 Å². The number of rotatable bonds is 6. The molecule has 29 heavy (non-hydrogen) atoms. The summed E-state index contributed by atoms with van der Waals surface area (Å²) in [6.45, 7) is 5.50. The molecule has 1 aromatic heterocycles. The maximum Gasteiger partial charge on any atom is 0.151 e. The summed E-state index contributed by atoms with van der Waals surface area (Å²) in [5.74, 6) is -0.692. The van der Waals surface area contributed by atoms with E-state index >= 15 is 0 Å². The number of benzene rings is 2. The number of halogens is 2. The Morgan fingerprint density at radius 2 is 2.00 bits per heavy atom. The fourth-order valence-electron chi connectivity index (χ4n) is 4.05. The van der Waals surface area contributed by atoms with Crippen molar-refractivity contribution in [3.8, 4) is 16.9 Å². The zero-order chi connectivity index (χ0) is 20.4. The van der Waals surface area contributed by atoms with Crippen molar-refractivity contribution in [3.05, 3.63) is 71.4 Å². The summed E-state index contributed by atoms with van der Waals surface area (Å²) in [6.07, 6.45) is 2.97. The summed E-state index contributed by atoms with van der Waals surface area (Å²) in [5.41, 5.74) is 4.24. The van der Waals surface area contributed by atoms with Crippen molar-refractivity contribution in [2.75, 3.05) is 26.8 Å². The second-order valence-electron chi connectivity index (χ2n) is 7.70. The summed E-state index contributed by atoms with van der Waals surface area (Å²) < 4.78 is 34.5. The van der Waals surface area contributed by atoms with Crippen molar-refractivity contribution >= 4 is 0 Å². The third kappa shape index (κ3) is 4.23. The molecule has 1 unspecified atom stereocenters. The molecule has 2 aromatic carbocycles. The predicted molar refractivity (Wildman–Crippen MR) is 109 cm³/mol. The maximum atomic E-state index is 14.4. The van der Waals surface area contributed by atoms with E-state index in [1.54, 1.807) is 7.11 Å². The molecule has 0 N–H and O–H groups in total. The van der Waals surface area contributed by atoms with E-state index < -0.39 is 11.6 Å². The molecule has 0 bridgehead atoms. The normalized spacial score (nSPS) is 17.2. The van der Waals surface area contributed by atoms with E-state index in [1.165, 1.54) is 16.8 Å². The molecule has 0 amide bonds. The number of methoxy groups -OCH3 is 1. The van der Waals surface area contributed by atoms with Crippen LogP contribution in [0.25, 0.3) is 16.9 Å². The predicted octanol–water partition coefficient (Wildman–Crippen LogP) is 4.59. The van der Waals surface area contributed by atoms with E-state index in [0.717, 1.165) is 61.1 Å². The fourth-order valence-corrected chi connectivity index (χ4v) is 4.05. The van der Waals surface area contributed by atoms with E-state index in [-0.39, 0.29) is 5.69 Å². The van der Waals surface area contributed by atoms with Gasteiger partial charge in [-0.2, -0.15) is 5.10 Å². The SMILES string of the molecule is COCC1CCN(Cc2cn(-c3ccc(F)cc3F)nc2-c2ccccc2C)C1. The third-order valence-corrected chi connectivity index (χ3v) is 5.51. The Bertz CT molecular complexity index is 1000. The van der Waals surface area contributed by atoms with Gasteiger partial charge >= 0.3 is 0 Å². The summed E-state index contributed by atoms with van der Waals surface area (Å²) in [6, 6.07) is 11.6. The van der Waals surface area contributed by atoms with Gasteiger partial charge in [-0.15, -0.1) is 0 Å². The van der Waals surface area contributed by atoms with Gasteiger partial charge in [0.25, 0.3) is 0 Å². The van der Waals surface area contributed by atoms with Gasteiger partial charge in [0.05, 0.1) is 12.3 Å². The lowest BCUT2D eigenvalue weighted by Gasteiger charge is -2.16. The molecular weight excluding hydrogens is 372 g/mol. The molecule has 1 atom stereocenters. The van der Waals surface area contributed by atoms with Crippen molar-refractivity contribution < 1.29 is 13.5 Å². The lowest BCUT2D eigenvalue weighted by molar-refractivity contribution is 0.152. The van der Waals surface area contributed by atoms with E-state index in [9.17, 15) is 8.78 Å². The smallest absolute Gasteiger partial charge is 0.151 e. The second kappa shape index (κ2) is 8.43. The molecular formula is C23H25F2N3O. The molecule has 1 aliphatic rings. The highest BCUT2D eigenvalue weighted by atomic mass is 19.1. The lowest BCUT2D eigenvalue weighted by Crippen LogP contribution is -2.21. The van der Waals surface area contributed by atoms with Gasteiger partial charge in [0.1, 0.15) is 11.5 Å². The summed E-state index contributed by atoms with van der Waals surface area (Å²) in [5, 5.41) is 4.70. The number of likely N-dealkylation sites (tertiary alicyclic amines) is 1. The van der Waals surface area contributed by atoms with Crippen LogP contribution >= 0.6 is 0 Å². The Morgan fingerprint density at radius 1 is 1.17 bits per heavy atom. The Morgan fingerprint density at radius 3 is 2.76 bits per heavy atom. The maximum absolute atomic E-state index is 14.4. The van der Waals surface area contributed by atoms with Crippen LogP contribution in [0.3, 0.4) is 0 Å². The molecule has 4 nitrogen and oxygen atoms in total. The molecule has 1 aliphatic heterocycles. The first-order valence-corrected chi connectivity index (χ1v) is 9.86. The first-order chi connectivity index (χ1) is 14.0. The Labute approximate surface area is 169 Å². The minimum absolute atomic E-state index is 0.242. The average Bonchev–Trinajstić information content (AvgIpc) is 3.30. The average molecular weight is 397 g/mol. The number of aromatic nitrogens is 2. The van der Waals surface area contributed by atoms with Crippen molar-refractivity contribution in [3.63, 3.8) is 0 Å². The Hall–Kier alpha value is -2.57. The van der Waals surface area contributed by atoms with Crippen molar-refractivity contribution in [1.29, 1.82) is 0 Å². The molecule has 1 fully saturated rings. The van der Waals surface area contributed by atoms with Gasteiger partial charge in [-0.1, -0.05) is 24.3 Å². The standard InChI is InChI=1S/C23H25F2N3O/c1-16-5-3-4-6-20(16)23-18(13-27-10-9-17(12-27)15-29-2)14-28(26-23)22-8-7-19(24)11-21(22)25/h3-8,11,14,17H,9-10,12-13,15H2,1-2H3. The highest BCUT2D eigenvalue weighted by Gasteiger charge is 2.25. The van der Waals surface area contributed by atoms with Crippen LogP contribution in [0.2, 0.25) is 0 Å². The molecule has 0 radical (unpaired) electrons. The minimum atomic E-state index is -0.628. The molecule has 152 valence electrons. The Kier molecular flexibility index (Phi) is 5.74. The topological polar surface area (TPSA) is 30.3 Å². The van der Waals surface area contributed by atoms with Gasteiger partial charge in [-0.05, 0) is 43.5 Å². The zero-order valence-electron chi connectivity index (χ0n) is 16.7. The molecule has 4 rings (SSSR count). The number of aryl methyl sites for hydroxylation is 1. The first-order valence-electron chi connectivity index (χ1n) is 9.86. The molecule has 3 aromatic rings. The van der Waals surface area contributed by atoms with E-state index in [4.69, 9.17) is 9.84 Å². The second-order valence-corrected chi connectivity index (χ2v) is 7.70. The van der Waals surface area contributed by atoms with Crippen LogP contribution in [-0.2, 0) is 11.3 Å². The zero-order valence-corrected chi connectivity index (χ0v) is 16.7. The first kappa shape index (κ1) is 19.7. The fraction of sp³-hybridized carbons (Fsp3) is 0.348. The number of nitrogens with zero attached hydrogens (tertiary/aromatic N) is 3. The van der Waals surface area contributed by atoms with Crippen molar-refractivity contribution in [1.82, 2.24) is 14.7 Å². The highest BCUT2D eigenvalue weighted by Crippen LogP contribution is 2.29. The Balaban J connectivity index is 1.71. The minimum Gasteiger partial charge on any atom is -0.384 e. The molecule has 0 saturated carbocycles. The van der Waals surface area contributed by atoms with E-state index in [2.05, 4.69) is 4.90 Å². The number of hydrogen-bond donors (Lipinski definition) is 0. The number of hydrogen-bond acceptors (Lipinski definition) is 3. The third-order valence-electron chi connectivity index (χ3n) is 5.51. The van der Waals surface area contributed by atoms with Gasteiger partial charge in [-0.3, -0.25) is 4.90 Å². The van der Waals surface area contributed by atoms with Gasteiger partial charge in [0, 0.05) is 43.6 Å². The van der Waals surface area contributed by atoms with E-state index in [1.807, 2.05) is 37.4 Å². The largest absolute Gasteiger partial charge is 0.384 e. The summed E-state index contributed by atoms with van der Waals surface area (Å²) in [7, 11) is 1.74. The summed E-state index contributed by atoms with van der Waals surface area (Å²) in [4.78, 5) is 2.38. The van der Waals surface area contributed by atoms with Crippen LogP contribution in [0.15, 0.2) is 48.7 Å². The van der Waals surface area contributed by atoms with Crippen LogP contribution < -0.4 is 0 Å². The molecule has 0 spiro atoms. The molecule has 1 saturated heterocycles. The van der Waals surface area contributed by atoms with Crippen LogP contribution in [0.5, 0.6) is 0 Å². The van der Waals surface area contributed by atoms with Crippen molar-refractivity contribution in [2.45, 2.75) is 19.9 Å². The van der Waals surface area contributed by atoms with Gasteiger partial charge < -0.3 is 4.74 Å². The van der Waals surface area contributed by atoms with Crippen LogP contribution in [0.1, 0.15) is 17.5 Å². The van der Waals surface area contributed by atoms with Crippen molar-refractivity contribution in [2.24, 2.45) is 5.92 Å². The monoisotopic (exact) mass is 397 g/mol. The van der Waals surface area contributed by atoms with Gasteiger partial charge in [0.15, 0.2) is 5.82 Å². The molecule has 0 aliphatic carbocycles. The van der Waals surface area contributed by atoms with Crippen LogP contribution in [0, 0.1) is 24.5 Å². The molecule has 6 heteroatoms. The van der Waals surface area contributed by atoms with Crippen LogP contribution in [0.4, 0.5) is 8.78 Å². The van der Waals surface area contributed by atoms with E-state index in [0.29, 0.717) is 5.92 Å². The number of ether oxygens (including phenoxy) is 1. The quantitative estimate of drug-likeness (QED) is 0.609. The lowest BCUT2D eigenvalue weighted by atomic mass is 10.0. The highest BCUT2D eigenvalue weighted by molar-refractivity contribution is 5.67. The molecule has 2 heterocycles.